The second-order valence-corrected chi connectivity index (χ2v) is 3.34. The van der Waals surface area contributed by atoms with Gasteiger partial charge in [0.05, 0.1) is 13.2 Å². The van der Waals surface area contributed by atoms with E-state index >= 15 is 0 Å². The van der Waals surface area contributed by atoms with Crippen molar-refractivity contribution in [2.24, 2.45) is 0 Å². The Morgan fingerprint density at radius 2 is 1.80 bits per heavy atom. The van der Waals surface area contributed by atoms with Crippen LogP contribution < -0.4 is 0 Å². The van der Waals surface area contributed by atoms with Gasteiger partial charge in [0.25, 0.3) is 0 Å². The van der Waals surface area contributed by atoms with Crippen molar-refractivity contribution in [3.8, 4) is 0 Å². The lowest BCUT2D eigenvalue weighted by atomic mass is 10.2. The largest absolute Gasteiger partial charge is 0.453 e. The summed E-state index contributed by atoms with van der Waals surface area (Å²) in [5.41, 5.74) is 0. The maximum Gasteiger partial charge on any atom is 0.453 e. The van der Waals surface area contributed by atoms with Gasteiger partial charge >= 0.3 is 12.1 Å². The van der Waals surface area contributed by atoms with Crippen LogP contribution in [0.15, 0.2) is 0 Å². The average Bonchev–Trinajstić information content (AvgIpc) is 2.85. The highest BCUT2D eigenvalue weighted by molar-refractivity contribution is 4.75. The second-order valence-electron chi connectivity index (χ2n) is 3.34. The lowest BCUT2D eigenvalue weighted by Crippen LogP contribution is -2.36. The van der Waals surface area contributed by atoms with Crippen LogP contribution in [-0.4, -0.2) is 38.0 Å². The maximum atomic E-state index is 12.3. The van der Waals surface area contributed by atoms with Gasteiger partial charge in [0.15, 0.2) is 0 Å². The Labute approximate surface area is 83.3 Å². The summed E-state index contributed by atoms with van der Waals surface area (Å²) >= 11 is 0. The summed E-state index contributed by atoms with van der Waals surface area (Å²) in [5, 5.41) is 0. The van der Waals surface area contributed by atoms with E-state index in [2.05, 4.69) is 0 Å². The molecule has 90 valence electrons. The van der Waals surface area contributed by atoms with Crippen molar-refractivity contribution in [1.82, 2.24) is 0 Å². The molecule has 1 saturated heterocycles. The smallest absolute Gasteiger partial charge is 0.379 e. The molecule has 15 heavy (non-hydrogen) atoms. The van der Waals surface area contributed by atoms with Crippen LogP contribution in [0.1, 0.15) is 12.8 Å². The van der Waals surface area contributed by atoms with Gasteiger partial charge in [-0.3, -0.25) is 0 Å². The molecule has 0 aromatic rings. The van der Waals surface area contributed by atoms with E-state index in [1.165, 1.54) is 0 Å². The highest BCUT2D eigenvalue weighted by Gasteiger charge is 2.56. The van der Waals surface area contributed by atoms with Gasteiger partial charge < -0.3 is 9.47 Å². The SMILES string of the molecule is FC(F)(F)C(F)(F)CCCOC[C@@H]1CO1. The third kappa shape index (κ3) is 4.29. The van der Waals surface area contributed by atoms with Gasteiger partial charge in [-0.05, 0) is 6.42 Å². The molecule has 2 nitrogen and oxygen atoms in total. The van der Waals surface area contributed by atoms with E-state index < -0.39 is 18.5 Å². The standard InChI is InChI=1S/C8H11F5O2/c9-7(10,8(11,12)13)2-1-3-14-4-6-5-15-6/h6H,1-5H2/t6-/m1/s1. The Hall–Kier alpha value is -0.430. The molecule has 0 N–H and O–H groups in total. The first-order valence-electron chi connectivity index (χ1n) is 4.47. The number of alkyl halides is 5. The number of hydrogen-bond acceptors (Lipinski definition) is 2. The summed E-state index contributed by atoms with van der Waals surface area (Å²) < 4.78 is 69.3. The van der Waals surface area contributed by atoms with E-state index in [4.69, 9.17) is 9.47 Å². The molecule has 0 bridgehead atoms. The topological polar surface area (TPSA) is 21.8 Å². The first-order chi connectivity index (χ1) is 6.83. The molecule has 1 fully saturated rings. The Morgan fingerprint density at radius 3 is 2.27 bits per heavy atom. The maximum absolute atomic E-state index is 12.3. The average molecular weight is 234 g/mol. The first-order valence-corrected chi connectivity index (χ1v) is 4.47. The van der Waals surface area contributed by atoms with Crippen LogP contribution in [0.5, 0.6) is 0 Å². The molecule has 1 atom stereocenters. The Kier molecular flexibility index (Phi) is 3.88. The monoisotopic (exact) mass is 234 g/mol. The summed E-state index contributed by atoms with van der Waals surface area (Å²) in [6.07, 6.45) is -7.03. The fourth-order valence-electron chi connectivity index (χ4n) is 0.917. The molecular weight excluding hydrogens is 223 g/mol. The van der Waals surface area contributed by atoms with E-state index in [1.807, 2.05) is 0 Å². The number of ether oxygens (including phenoxy) is 2. The summed E-state index contributed by atoms with van der Waals surface area (Å²) in [5.74, 6) is -4.62. The van der Waals surface area contributed by atoms with Crippen LogP contribution >= 0.6 is 0 Å². The fraction of sp³-hybridized carbons (Fsp3) is 1.00. The van der Waals surface area contributed by atoms with Crippen LogP contribution in [0.4, 0.5) is 22.0 Å². The molecule has 0 aliphatic carbocycles. The van der Waals surface area contributed by atoms with Gasteiger partial charge in [-0.1, -0.05) is 0 Å². The highest BCUT2D eigenvalue weighted by atomic mass is 19.4. The van der Waals surface area contributed by atoms with Crippen molar-refractivity contribution >= 4 is 0 Å². The molecule has 0 unspecified atom stereocenters. The molecule has 0 amide bonds. The highest BCUT2D eigenvalue weighted by Crippen LogP contribution is 2.38. The molecule has 0 radical (unpaired) electrons. The van der Waals surface area contributed by atoms with Crippen LogP contribution in [0.3, 0.4) is 0 Å². The molecule has 1 aliphatic rings. The molecule has 0 aromatic carbocycles. The molecule has 0 aromatic heterocycles. The zero-order valence-corrected chi connectivity index (χ0v) is 7.82. The second kappa shape index (κ2) is 4.61. The molecule has 7 heteroatoms. The first kappa shape index (κ1) is 12.6. The molecule has 0 spiro atoms. The van der Waals surface area contributed by atoms with Crippen LogP contribution in [-0.2, 0) is 9.47 Å². The third-order valence-electron chi connectivity index (χ3n) is 1.90. The number of hydrogen-bond donors (Lipinski definition) is 0. The van der Waals surface area contributed by atoms with Crippen molar-refractivity contribution in [3.05, 3.63) is 0 Å². The van der Waals surface area contributed by atoms with Crippen molar-refractivity contribution in [1.29, 1.82) is 0 Å². The predicted octanol–water partition coefficient (Wildman–Crippen LogP) is 2.38. The normalized spacial score (nSPS) is 21.8. The van der Waals surface area contributed by atoms with E-state index in [0.717, 1.165) is 0 Å². The zero-order chi connectivity index (χ0) is 11.5. The third-order valence-corrected chi connectivity index (χ3v) is 1.90. The zero-order valence-electron chi connectivity index (χ0n) is 7.82. The van der Waals surface area contributed by atoms with Crippen molar-refractivity contribution in [2.75, 3.05) is 19.8 Å². The van der Waals surface area contributed by atoms with Gasteiger partial charge in [0.2, 0.25) is 0 Å². The summed E-state index contributed by atoms with van der Waals surface area (Å²) in [4.78, 5) is 0. The van der Waals surface area contributed by atoms with Crippen molar-refractivity contribution in [3.63, 3.8) is 0 Å². The Bertz CT molecular complexity index is 200. The van der Waals surface area contributed by atoms with E-state index in [-0.39, 0.29) is 25.7 Å². The molecular formula is C8H11F5O2. The molecule has 1 heterocycles. The van der Waals surface area contributed by atoms with Gasteiger partial charge in [-0.15, -0.1) is 0 Å². The van der Waals surface area contributed by atoms with Crippen LogP contribution in [0, 0.1) is 0 Å². The van der Waals surface area contributed by atoms with Crippen molar-refractivity contribution in [2.45, 2.75) is 31.0 Å². The Balaban J connectivity index is 2.06. The van der Waals surface area contributed by atoms with Crippen molar-refractivity contribution < 1.29 is 31.4 Å². The lowest BCUT2D eigenvalue weighted by Gasteiger charge is -2.19. The Morgan fingerprint density at radius 1 is 1.20 bits per heavy atom. The summed E-state index contributed by atoms with van der Waals surface area (Å²) in [6, 6.07) is 0. The van der Waals surface area contributed by atoms with E-state index in [1.54, 1.807) is 0 Å². The van der Waals surface area contributed by atoms with Gasteiger partial charge in [-0.25, -0.2) is 0 Å². The number of epoxide rings is 1. The van der Waals surface area contributed by atoms with Crippen LogP contribution in [0.25, 0.3) is 0 Å². The predicted molar refractivity (Wildman–Crippen MR) is 40.8 cm³/mol. The molecule has 1 rings (SSSR count). The minimum absolute atomic E-state index is 0.00636. The minimum atomic E-state index is -5.47. The summed E-state index contributed by atoms with van der Waals surface area (Å²) in [6.45, 7) is 0.724. The lowest BCUT2D eigenvalue weighted by molar-refractivity contribution is -0.285. The molecule has 1 aliphatic heterocycles. The number of halogens is 5. The van der Waals surface area contributed by atoms with Gasteiger partial charge in [-0.2, -0.15) is 22.0 Å². The van der Waals surface area contributed by atoms with Crippen LogP contribution in [0.2, 0.25) is 0 Å². The molecule has 0 saturated carbocycles. The minimum Gasteiger partial charge on any atom is -0.379 e. The summed E-state index contributed by atoms with van der Waals surface area (Å²) in [7, 11) is 0. The fourth-order valence-corrected chi connectivity index (χ4v) is 0.917. The quantitative estimate of drug-likeness (QED) is 0.400. The number of rotatable bonds is 6. The van der Waals surface area contributed by atoms with Gasteiger partial charge in [0.1, 0.15) is 6.10 Å². The van der Waals surface area contributed by atoms with Gasteiger partial charge in [0, 0.05) is 13.0 Å². The van der Waals surface area contributed by atoms with E-state index in [9.17, 15) is 22.0 Å². The van der Waals surface area contributed by atoms with E-state index in [0.29, 0.717) is 6.61 Å².